The molecule has 1 unspecified atom stereocenters. The molecule has 0 aliphatic rings. The lowest BCUT2D eigenvalue weighted by atomic mass is 10.2. The third-order valence-corrected chi connectivity index (χ3v) is 1.74. The van der Waals surface area contributed by atoms with Gasteiger partial charge in [-0.25, -0.2) is 0 Å². The fraction of sp³-hybridized carbons (Fsp3) is 0.375. The summed E-state index contributed by atoms with van der Waals surface area (Å²) in [7, 11) is 1.46. The predicted octanol–water partition coefficient (Wildman–Crippen LogP) is 0.144. The Morgan fingerprint density at radius 3 is 2.50 bits per heavy atom. The normalized spacial score (nSPS) is 12.9. The summed E-state index contributed by atoms with van der Waals surface area (Å²) in [5.74, 6) is -0.140. The molecule has 0 radical (unpaired) electrons. The molecule has 1 rings (SSSR count). The molecule has 4 heteroatoms. The van der Waals surface area contributed by atoms with Gasteiger partial charge >= 0.3 is 0 Å². The third kappa shape index (κ3) is 1.48. The van der Waals surface area contributed by atoms with Gasteiger partial charge in [0.1, 0.15) is 0 Å². The van der Waals surface area contributed by atoms with Gasteiger partial charge in [-0.2, -0.15) is 0 Å². The molecule has 1 aromatic rings. The van der Waals surface area contributed by atoms with Crippen LogP contribution in [0.1, 0.15) is 18.6 Å². The quantitative estimate of drug-likeness (QED) is 0.628. The Balaban J connectivity index is 3.31. The molecule has 1 aromatic heterocycles. The zero-order valence-electron chi connectivity index (χ0n) is 6.98. The van der Waals surface area contributed by atoms with E-state index in [0.717, 1.165) is 4.57 Å². The number of aliphatic hydroxyl groups excluding tert-OH is 1. The highest BCUT2D eigenvalue weighted by Crippen LogP contribution is 2.14. The highest BCUT2D eigenvalue weighted by Gasteiger charge is 2.05. The smallest absolute Gasteiger partial charge is 0.253 e. The average molecular weight is 169 g/mol. The minimum atomic E-state index is -0.732. The van der Waals surface area contributed by atoms with Crippen LogP contribution in [0.4, 0.5) is 0 Å². The molecule has 0 fully saturated rings. The first-order chi connectivity index (χ1) is 5.52. The van der Waals surface area contributed by atoms with Crippen LogP contribution in [0.5, 0.6) is 5.88 Å². The number of aliphatic hydroxyl groups is 1. The number of nitrogens with zero attached hydrogens (tertiary/aromatic N) is 1. The minimum Gasteiger partial charge on any atom is -0.494 e. The molecule has 66 valence electrons. The zero-order chi connectivity index (χ0) is 9.30. The largest absolute Gasteiger partial charge is 0.494 e. The maximum atomic E-state index is 11.1. The van der Waals surface area contributed by atoms with E-state index in [1.165, 1.54) is 26.1 Å². The van der Waals surface area contributed by atoms with Gasteiger partial charge in [0.05, 0.1) is 6.10 Å². The van der Waals surface area contributed by atoms with Crippen LogP contribution in [0.3, 0.4) is 0 Å². The van der Waals surface area contributed by atoms with E-state index in [1.54, 1.807) is 0 Å². The SMILES string of the molecule is CC(O)c1cc(O)n(C)c(=O)c1. The Kier molecular flexibility index (Phi) is 2.19. The van der Waals surface area contributed by atoms with E-state index in [2.05, 4.69) is 0 Å². The lowest BCUT2D eigenvalue weighted by Gasteiger charge is -2.06. The molecule has 0 saturated heterocycles. The van der Waals surface area contributed by atoms with Gasteiger partial charge in [-0.3, -0.25) is 9.36 Å². The van der Waals surface area contributed by atoms with Gasteiger partial charge in [0.15, 0.2) is 5.88 Å². The molecule has 0 spiro atoms. The number of rotatable bonds is 1. The van der Waals surface area contributed by atoms with Crippen LogP contribution >= 0.6 is 0 Å². The van der Waals surface area contributed by atoms with Crippen LogP contribution in [0.25, 0.3) is 0 Å². The lowest BCUT2D eigenvalue weighted by Crippen LogP contribution is -2.16. The molecule has 1 heterocycles. The van der Waals surface area contributed by atoms with Crippen molar-refractivity contribution in [2.45, 2.75) is 13.0 Å². The van der Waals surface area contributed by atoms with Crippen molar-refractivity contribution >= 4 is 0 Å². The molecule has 0 aliphatic carbocycles. The summed E-state index contributed by atoms with van der Waals surface area (Å²) in [6, 6.07) is 2.66. The fourth-order valence-electron chi connectivity index (χ4n) is 0.881. The lowest BCUT2D eigenvalue weighted by molar-refractivity contribution is 0.198. The van der Waals surface area contributed by atoms with Crippen molar-refractivity contribution < 1.29 is 10.2 Å². The Morgan fingerprint density at radius 1 is 1.50 bits per heavy atom. The van der Waals surface area contributed by atoms with Crippen LogP contribution in [0.15, 0.2) is 16.9 Å². The highest BCUT2D eigenvalue weighted by atomic mass is 16.3. The Bertz CT molecular complexity index is 341. The molecule has 2 N–H and O–H groups in total. The van der Waals surface area contributed by atoms with Crippen molar-refractivity contribution in [3.05, 3.63) is 28.0 Å². The van der Waals surface area contributed by atoms with E-state index in [0.29, 0.717) is 5.56 Å². The van der Waals surface area contributed by atoms with Gasteiger partial charge in [-0.15, -0.1) is 0 Å². The summed E-state index contributed by atoms with van der Waals surface area (Å²) in [5, 5.41) is 18.3. The molecule has 0 bridgehead atoms. The summed E-state index contributed by atoms with van der Waals surface area (Å²) >= 11 is 0. The zero-order valence-corrected chi connectivity index (χ0v) is 6.98. The predicted molar refractivity (Wildman–Crippen MR) is 44.0 cm³/mol. The molecular weight excluding hydrogens is 158 g/mol. The first kappa shape index (κ1) is 8.80. The van der Waals surface area contributed by atoms with Gasteiger partial charge in [0.25, 0.3) is 5.56 Å². The van der Waals surface area contributed by atoms with E-state index >= 15 is 0 Å². The second-order valence-electron chi connectivity index (χ2n) is 2.72. The number of aromatic nitrogens is 1. The summed E-state index contributed by atoms with van der Waals surface area (Å²) in [4.78, 5) is 11.1. The average Bonchev–Trinajstić information content (AvgIpc) is 1.99. The number of hydrogen-bond acceptors (Lipinski definition) is 3. The second-order valence-corrected chi connectivity index (χ2v) is 2.72. The van der Waals surface area contributed by atoms with Crippen LogP contribution < -0.4 is 5.56 Å². The van der Waals surface area contributed by atoms with Crippen LogP contribution in [0.2, 0.25) is 0 Å². The van der Waals surface area contributed by atoms with E-state index in [9.17, 15) is 9.90 Å². The third-order valence-electron chi connectivity index (χ3n) is 1.74. The summed E-state index contributed by atoms with van der Waals surface area (Å²) in [6.07, 6.45) is -0.732. The summed E-state index contributed by atoms with van der Waals surface area (Å²) in [6.45, 7) is 1.54. The summed E-state index contributed by atoms with van der Waals surface area (Å²) in [5.41, 5.74) is 0.0986. The summed E-state index contributed by atoms with van der Waals surface area (Å²) < 4.78 is 1.10. The first-order valence-electron chi connectivity index (χ1n) is 3.60. The van der Waals surface area contributed by atoms with Gasteiger partial charge in [0, 0.05) is 19.2 Å². The molecule has 0 aliphatic heterocycles. The van der Waals surface area contributed by atoms with Gasteiger partial charge < -0.3 is 10.2 Å². The monoisotopic (exact) mass is 169 g/mol. The van der Waals surface area contributed by atoms with Crippen molar-refractivity contribution in [1.82, 2.24) is 4.57 Å². The highest BCUT2D eigenvalue weighted by molar-refractivity contribution is 5.22. The van der Waals surface area contributed by atoms with Crippen molar-refractivity contribution in [3.63, 3.8) is 0 Å². The van der Waals surface area contributed by atoms with E-state index in [1.807, 2.05) is 0 Å². The first-order valence-corrected chi connectivity index (χ1v) is 3.60. The maximum absolute atomic E-state index is 11.1. The molecule has 0 amide bonds. The van der Waals surface area contributed by atoms with Gasteiger partial charge in [0.2, 0.25) is 0 Å². The Hall–Kier alpha value is -1.29. The molecule has 12 heavy (non-hydrogen) atoms. The maximum Gasteiger partial charge on any atom is 0.253 e. The van der Waals surface area contributed by atoms with E-state index in [4.69, 9.17) is 5.11 Å². The second kappa shape index (κ2) is 2.98. The fourth-order valence-corrected chi connectivity index (χ4v) is 0.881. The minimum absolute atomic E-state index is 0.140. The number of aromatic hydroxyl groups is 1. The van der Waals surface area contributed by atoms with Crippen LogP contribution in [0, 0.1) is 0 Å². The van der Waals surface area contributed by atoms with Gasteiger partial charge in [-0.05, 0) is 12.5 Å². The van der Waals surface area contributed by atoms with Crippen LogP contribution in [-0.2, 0) is 7.05 Å². The number of hydrogen-bond donors (Lipinski definition) is 2. The molecule has 0 saturated carbocycles. The standard InChI is InChI=1S/C8H11NO3/c1-5(10)6-3-7(11)9(2)8(12)4-6/h3-5,10-11H,1-2H3. The van der Waals surface area contributed by atoms with Crippen molar-refractivity contribution in [1.29, 1.82) is 0 Å². The number of pyridine rings is 1. The Labute approximate surface area is 69.7 Å². The topological polar surface area (TPSA) is 62.5 Å². The van der Waals surface area contributed by atoms with Crippen molar-refractivity contribution in [2.24, 2.45) is 7.05 Å². The van der Waals surface area contributed by atoms with E-state index in [-0.39, 0.29) is 11.4 Å². The molecule has 0 aromatic carbocycles. The molecule has 4 nitrogen and oxygen atoms in total. The molecular formula is C8H11NO3. The Morgan fingerprint density at radius 2 is 2.08 bits per heavy atom. The van der Waals surface area contributed by atoms with Gasteiger partial charge in [-0.1, -0.05) is 0 Å². The van der Waals surface area contributed by atoms with Crippen molar-refractivity contribution in [2.75, 3.05) is 0 Å². The van der Waals surface area contributed by atoms with Crippen LogP contribution in [-0.4, -0.2) is 14.8 Å². The molecule has 1 atom stereocenters. The van der Waals surface area contributed by atoms with Crippen molar-refractivity contribution in [3.8, 4) is 5.88 Å². The van der Waals surface area contributed by atoms with E-state index < -0.39 is 6.10 Å².